The van der Waals surface area contributed by atoms with Crippen LogP contribution in [0.1, 0.15) is 13.3 Å². The summed E-state index contributed by atoms with van der Waals surface area (Å²) in [5.41, 5.74) is 0. The third kappa shape index (κ3) is 4.98. The van der Waals surface area contributed by atoms with Crippen molar-refractivity contribution in [3.05, 3.63) is 4.60 Å². The van der Waals surface area contributed by atoms with Gasteiger partial charge in [-0.05, 0) is 22.4 Å². The number of aryl methyl sites for hydroxylation is 1. The Labute approximate surface area is 132 Å². The molecule has 0 amide bonds. The zero-order chi connectivity index (χ0) is 16.3. The highest BCUT2D eigenvalue weighted by Crippen LogP contribution is 2.17. The van der Waals surface area contributed by atoms with Crippen molar-refractivity contribution in [3.8, 4) is 0 Å². The SMILES string of the molecule is CCN(CCCNS(=O)(=O)c1c(Br)nnn1C)S(C)(=O)=O. The largest absolute Gasteiger partial charge is 0.260 e. The predicted molar refractivity (Wildman–Crippen MR) is 80.6 cm³/mol. The molecule has 1 aromatic rings. The van der Waals surface area contributed by atoms with E-state index in [0.29, 0.717) is 13.0 Å². The fraction of sp³-hybridized carbons (Fsp3) is 0.778. The normalized spacial score (nSPS) is 13.0. The molecular formula is C9H18BrN5O4S2. The molecular weight excluding hydrogens is 386 g/mol. The van der Waals surface area contributed by atoms with Crippen molar-refractivity contribution in [2.75, 3.05) is 25.9 Å². The third-order valence-corrected chi connectivity index (χ3v) is 6.42. The Hall–Kier alpha value is -0.560. The van der Waals surface area contributed by atoms with E-state index in [1.54, 1.807) is 6.92 Å². The van der Waals surface area contributed by atoms with Crippen molar-refractivity contribution in [1.82, 2.24) is 24.0 Å². The molecule has 0 aliphatic rings. The van der Waals surface area contributed by atoms with E-state index in [2.05, 4.69) is 31.0 Å². The van der Waals surface area contributed by atoms with Crippen LogP contribution in [0.25, 0.3) is 0 Å². The van der Waals surface area contributed by atoms with Crippen LogP contribution in [0.15, 0.2) is 9.63 Å². The van der Waals surface area contributed by atoms with Crippen molar-refractivity contribution >= 4 is 36.0 Å². The van der Waals surface area contributed by atoms with Gasteiger partial charge in [0.15, 0.2) is 4.60 Å². The minimum Gasteiger partial charge on any atom is -0.235 e. The molecule has 0 radical (unpaired) electrons. The summed E-state index contributed by atoms with van der Waals surface area (Å²) in [5.74, 6) is 0. The summed E-state index contributed by atoms with van der Waals surface area (Å²) in [6.45, 7) is 2.45. The molecule has 1 rings (SSSR count). The first-order chi connectivity index (χ1) is 9.59. The molecule has 0 spiro atoms. The van der Waals surface area contributed by atoms with Crippen LogP contribution in [0.2, 0.25) is 0 Å². The van der Waals surface area contributed by atoms with Gasteiger partial charge in [0.25, 0.3) is 10.0 Å². The summed E-state index contributed by atoms with van der Waals surface area (Å²) in [4.78, 5) is 0. The summed E-state index contributed by atoms with van der Waals surface area (Å²) in [6, 6.07) is 0. The van der Waals surface area contributed by atoms with Gasteiger partial charge in [0.05, 0.1) is 6.26 Å². The zero-order valence-corrected chi connectivity index (χ0v) is 15.2. The highest BCUT2D eigenvalue weighted by Gasteiger charge is 2.23. The second kappa shape index (κ2) is 7.13. The molecule has 1 heterocycles. The molecule has 21 heavy (non-hydrogen) atoms. The number of hydrogen-bond donors (Lipinski definition) is 1. The Morgan fingerprint density at radius 2 is 1.95 bits per heavy atom. The molecule has 0 saturated heterocycles. The predicted octanol–water partition coefficient (Wildman–Crippen LogP) is -0.472. The Morgan fingerprint density at radius 3 is 2.38 bits per heavy atom. The van der Waals surface area contributed by atoms with E-state index < -0.39 is 20.0 Å². The van der Waals surface area contributed by atoms with Crippen LogP contribution in [0.4, 0.5) is 0 Å². The quantitative estimate of drug-likeness (QED) is 0.586. The number of nitrogens with zero attached hydrogens (tertiary/aromatic N) is 4. The molecule has 0 bridgehead atoms. The standard InChI is InChI=1S/C9H18BrN5O4S2/c1-4-15(20(3,16)17)7-5-6-11-21(18,19)9-8(10)12-13-14(9)2/h11H,4-7H2,1-3H3. The van der Waals surface area contributed by atoms with Gasteiger partial charge in [-0.3, -0.25) is 0 Å². The van der Waals surface area contributed by atoms with Crippen LogP contribution >= 0.6 is 15.9 Å². The molecule has 9 nitrogen and oxygen atoms in total. The van der Waals surface area contributed by atoms with Gasteiger partial charge in [0.2, 0.25) is 15.0 Å². The molecule has 0 aromatic carbocycles. The van der Waals surface area contributed by atoms with Crippen molar-refractivity contribution in [2.45, 2.75) is 18.4 Å². The Morgan fingerprint density at radius 1 is 1.33 bits per heavy atom. The Bertz CT molecular complexity index is 665. The van der Waals surface area contributed by atoms with Crippen molar-refractivity contribution < 1.29 is 16.8 Å². The number of rotatable bonds is 8. The molecule has 0 aliphatic heterocycles. The molecule has 122 valence electrons. The summed E-state index contributed by atoms with van der Waals surface area (Å²) in [5, 5.41) is 7.13. The minimum atomic E-state index is -3.75. The lowest BCUT2D eigenvalue weighted by Gasteiger charge is -2.17. The van der Waals surface area contributed by atoms with E-state index in [4.69, 9.17) is 0 Å². The number of halogens is 1. The lowest BCUT2D eigenvalue weighted by molar-refractivity contribution is 0.424. The number of hydrogen-bond acceptors (Lipinski definition) is 6. The molecule has 0 unspecified atom stereocenters. The topological polar surface area (TPSA) is 114 Å². The van der Waals surface area contributed by atoms with Crippen LogP contribution in [0, 0.1) is 0 Å². The van der Waals surface area contributed by atoms with Gasteiger partial charge in [-0.15, -0.1) is 5.10 Å². The smallest absolute Gasteiger partial charge is 0.235 e. The first kappa shape index (κ1) is 18.5. The van der Waals surface area contributed by atoms with Crippen LogP contribution in [0.5, 0.6) is 0 Å². The fourth-order valence-electron chi connectivity index (χ4n) is 1.70. The van der Waals surface area contributed by atoms with E-state index in [1.807, 2.05) is 0 Å². The van der Waals surface area contributed by atoms with E-state index in [-0.39, 0.29) is 22.7 Å². The molecule has 0 saturated carbocycles. The van der Waals surface area contributed by atoms with E-state index >= 15 is 0 Å². The maximum atomic E-state index is 12.1. The van der Waals surface area contributed by atoms with Gasteiger partial charge in [-0.25, -0.2) is 30.5 Å². The van der Waals surface area contributed by atoms with E-state index in [0.717, 1.165) is 10.9 Å². The Balaban J connectivity index is 2.60. The van der Waals surface area contributed by atoms with Gasteiger partial charge in [0.1, 0.15) is 0 Å². The van der Waals surface area contributed by atoms with E-state index in [9.17, 15) is 16.8 Å². The second-order valence-electron chi connectivity index (χ2n) is 4.32. The van der Waals surface area contributed by atoms with Gasteiger partial charge < -0.3 is 0 Å². The summed E-state index contributed by atoms with van der Waals surface area (Å²) >= 11 is 3.02. The maximum Gasteiger partial charge on any atom is 0.260 e. The average molecular weight is 404 g/mol. The number of nitrogens with one attached hydrogen (secondary N) is 1. The number of aromatic nitrogens is 3. The van der Waals surface area contributed by atoms with Crippen LogP contribution in [0.3, 0.4) is 0 Å². The van der Waals surface area contributed by atoms with Gasteiger partial charge in [0, 0.05) is 26.7 Å². The fourth-order valence-corrected chi connectivity index (χ4v) is 4.79. The molecule has 1 aromatic heterocycles. The van der Waals surface area contributed by atoms with Gasteiger partial charge in [-0.2, -0.15) is 0 Å². The molecule has 0 fully saturated rings. The van der Waals surface area contributed by atoms with Gasteiger partial charge >= 0.3 is 0 Å². The van der Waals surface area contributed by atoms with Crippen LogP contribution < -0.4 is 4.72 Å². The van der Waals surface area contributed by atoms with E-state index in [1.165, 1.54) is 11.4 Å². The highest BCUT2D eigenvalue weighted by atomic mass is 79.9. The average Bonchev–Trinajstić information content (AvgIpc) is 2.67. The first-order valence-electron chi connectivity index (χ1n) is 6.09. The van der Waals surface area contributed by atoms with Gasteiger partial charge in [-0.1, -0.05) is 12.1 Å². The second-order valence-corrected chi connectivity index (χ2v) is 8.73. The van der Waals surface area contributed by atoms with Crippen LogP contribution in [-0.2, 0) is 27.1 Å². The summed E-state index contributed by atoms with van der Waals surface area (Å²) < 4.78 is 51.9. The lowest BCUT2D eigenvalue weighted by Crippen LogP contribution is -2.34. The van der Waals surface area contributed by atoms with Crippen molar-refractivity contribution in [3.63, 3.8) is 0 Å². The zero-order valence-electron chi connectivity index (χ0n) is 11.9. The first-order valence-corrected chi connectivity index (χ1v) is 10.2. The van der Waals surface area contributed by atoms with Crippen LogP contribution in [-0.4, -0.2) is 62.0 Å². The molecule has 12 heteroatoms. The highest BCUT2D eigenvalue weighted by molar-refractivity contribution is 9.10. The summed E-state index contributed by atoms with van der Waals surface area (Å²) in [6.07, 6.45) is 1.49. The summed E-state index contributed by atoms with van der Waals surface area (Å²) in [7, 11) is -5.54. The van der Waals surface area contributed by atoms with Crippen molar-refractivity contribution in [1.29, 1.82) is 0 Å². The minimum absolute atomic E-state index is 0.0713. The number of sulfonamides is 2. The van der Waals surface area contributed by atoms with Crippen molar-refractivity contribution in [2.24, 2.45) is 7.05 Å². The molecule has 1 N–H and O–H groups in total. The Kier molecular flexibility index (Phi) is 6.28. The lowest BCUT2D eigenvalue weighted by atomic mass is 10.4. The monoisotopic (exact) mass is 403 g/mol. The molecule has 0 aliphatic carbocycles. The third-order valence-electron chi connectivity index (χ3n) is 2.69. The maximum absolute atomic E-state index is 12.1. The molecule has 0 atom stereocenters.